The fourth-order valence-corrected chi connectivity index (χ4v) is 2.59. The molecule has 1 aliphatic heterocycles. The molecule has 18 heavy (non-hydrogen) atoms. The number of aryl methyl sites for hydroxylation is 1. The summed E-state index contributed by atoms with van der Waals surface area (Å²) in [6.07, 6.45) is 3.51. The first kappa shape index (κ1) is 13.4. The van der Waals surface area contributed by atoms with Gasteiger partial charge in [0.15, 0.2) is 0 Å². The van der Waals surface area contributed by atoms with Crippen LogP contribution in [0.3, 0.4) is 0 Å². The molecule has 2 unspecified atom stereocenters. The van der Waals surface area contributed by atoms with E-state index in [1.165, 1.54) is 17.5 Å². The first-order valence-corrected chi connectivity index (χ1v) is 6.66. The van der Waals surface area contributed by atoms with Crippen LogP contribution in [0.5, 0.6) is 5.75 Å². The van der Waals surface area contributed by atoms with E-state index < -0.39 is 0 Å². The van der Waals surface area contributed by atoms with Gasteiger partial charge in [0, 0.05) is 12.2 Å². The molecule has 2 rings (SSSR count). The van der Waals surface area contributed by atoms with Crippen molar-refractivity contribution in [3.63, 3.8) is 0 Å². The molecule has 100 valence electrons. The van der Waals surface area contributed by atoms with Gasteiger partial charge < -0.3 is 15.2 Å². The van der Waals surface area contributed by atoms with Crippen LogP contribution < -0.4 is 10.5 Å². The molecule has 3 heteroatoms. The molecule has 2 N–H and O–H groups in total. The smallest absolute Gasteiger partial charge is 0.126 e. The third-order valence-electron chi connectivity index (χ3n) is 3.89. The van der Waals surface area contributed by atoms with Crippen LogP contribution in [0, 0.1) is 13.8 Å². The minimum absolute atomic E-state index is 0.0976. The van der Waals surface area contributed by atoms with E-state index in [4.69, 9.17) is 15.2 Å². The number of benzene rings is 1. The van der Waals surface area contributed by atoms with E-state index in [9.17, 15) is 0 Å². The van der Waals surface area contributed by atoms with Crippen molar-refractivity contribution in [1.82, 2.24) is 0 Å². The van der Waals surface area contributed by atoms with Gasteiger partial charge in [-0.25, -0.2) is 0 Å². The molecule has 1 saturated heterocycles. The summed E-state index contributed by atoms with van der Waals surface area (Å²) < 4.78 is 11.3. The molecule has 0 aromatic heterocycles. The highest BCUT2D eigenvalue weighted by Gasteiger charge is 2.25. The van der Waals surface area contributed by atoms with Gasteiger partial charge in [-0.1, -0.05) is 12.1 Å². The molecule has 0 spiro atoms. The highest BCUT2D eigenvalue weighted by molar-refractivity contribution is 5.47. The molecule has 1 aromatic rings. The van der Waals surface area contributed by atoms with E-state index in [-0.39, 0.29) is 12.1 Å². The molecular weight excluding hydrogens is 226 g/mol. The second-order valence-corrected chi connectivity index (χ2v) is 5.06. The number of hydrogen-bond donors (Lipinski definition) is 1. The summed E-state index contributed by atoms with van der Waals surface area (Å²) in [4.78, 5) is 0. The molecule has 1 aliphatic rings. The maximum Gasteiger partial charge on any atom is 0.126 e. The van der Waals surface area contributed by atoms with Crippen molar-refractivity contribution in [2.45, 2.75) is 45.3 Å². The number of ether oxygens (including phenoxy) is 2. The lowest BCUT2D eigenvalue weighted by Crippen LogP contribution is -2.32. The van der Waals surface area contributed by atoms with Gasteiger partial charge in [-0.05, 0) is 44.2 Å². The molecule has 1 fully saturated rings. The second kappa shape index (κ2) is 5.72. The molecule has 3 nitrogen and oxygen atoms in total. The SMILES string of the molecule is COc1c(C(N)C2CCCCO2)ccc(C)c1C. The highest BCUT2D eigenvalue weighted by Crippen LogP contribution is 2.34. The van der Waals surface area contributed by atoms with E-state index in [1.54, 1.807) is 7.11 Å². The first-order valence-electron chi connectivity index (χ1n) is 6.66. The monoisotopic (exact) mass is 249 g/mol. The molecular formula is C15H23NO2. The van der Waals surface area contributed by atoms with Gasteiger partial charge in [0.05, 0.1) is 19.3 Å². The van der Waals surface area contributed by atoms with E-state index >= 15 is 0 Å². The molecule has 0 amide bonds. The predicted octanol–water partition coefficient (Wildman–Crippen LogP) is 2.88. The molecule has 1 heterocycles. The van der Waals surface area contributed by atoms with Crippen LogP contribution >= 0.6 is 0 Å². The number of hydrogen-bond acceptors (Lipinski definition) is 3. The number of rotatable bonds is 3. The van der Waals surface area contributed by atoms with E-state index in [2.05, 4.69) is 26.0 Å². The van der Waals surface area contributed by atoms with Gasteiger partial charge in [-0.15, -0.1) is 0 Å². The summed E-state index contributed by atoms with van der Waals surface area (Å²) in [7, 11) is 1.71. The molecule has 0 aliphatic carbocycles. The molecule has 2 atom stereocenters. The van der Waals surface area contributed by atoms with Crippen LogP contribution in [-0.4, -0.2) is 19.8 Å². The second-order valence-electron chi connectivity index (χ2n) is 5.06. The van der Waals surface area contributed by atoms with Gasteiger partial charge >= 0.3 is 0 Å². The normalized spacial score (nSPS) is 21.7. The summed E-state index contributed by atoms with van der Waals surface area (Å²) in [5.74, 6) is 0.914. The third kappa shape index (κ3) is 2.52. The molecule has 0 bridgehead atoms. The van der Waals surface area contributed by atoms with E-state index in [1.807, 2.05) is 0 Å². The summed E-state index contributed by atoms with van der Waals surface area (Å²) in [6, 6.07) is 4.08. The lowest BCUT2D eigenvalue weighted by molar-refractivity contribution is -0.000401. The Morgan fingerprint density at radius 2 is 2.11 bits per heavy atom. The Bertz CT molecular complexity index is 411. The fraction of sp³-hybridized carbons (Fsp3) is 0.600. The lowest BCUT2D eigenvalue weighted by Gasteiger charge is -2.29. The van der Waals surface area contributed by atoms with E-state index in [0.29, 0.717) is 0 Å². The topological polar surface area (TPSA) is 44.5 Å². The largest absolute Gasteiger partial charge is 0.496 e. The van der Waals surface area contributed by atoms with Crippen LogP contribution in [0.4, 0.5) is 0 Å². The van der Waals surface area contributed by atoms with Crippen molar-refractivity contribution in [1.29, 1.82) is 0 Å². The molecule has 1 aromatic carbocycles. The Hall–Kier alpha value is -1.06. The standard InChI is InChI=1S/C15H23NO2/c1-10-7-8-12(15(17-3)11(10)2)14(16)13-6-4-5-9-18-13/h7-8,13-14H,4-6,9,16H2,1-3H3. The quantitative estimate of drug-likeness (QED) is 0.896. The fourth-order valence-electron chi connectivity index (χ4n) is 2.59. The van der Waals surface area contributed by atoms with Crippen molar-refractivity contribution in [2.75, 3.05) is 13.7 Å². The number of nitrogens with two attached hydrogens (primary N) is 1. The highest BCUT2D eigenvalue weighted by atomic mass is 16.5. The van der Waals surface area contributed by atoms with Crippen LogP contribution in [-0.2, 0) is 4.74 Å². The van der Waals surface area contributed by atoms with Crippen molar-refractivity contribution in [3.8, 4) is 5.75 Å². The van der Waals surface area contributed by atoms with Crippen LogP contribution in [0.15, 0.2) is 12.1 Å². The van der Waals surface area contributed by atoms with Gasteiger partial charge in [0.2, 0.25) is 0 Å². The van der Waals surface area contributed by atoms with Gasteiger partial charge in [0.1, 0.15) is 5.75 Å². The zero-order valence-electron chi connectivity index (χ0n) is 11.5. The minimum atomic E-state index is -0.0976. The average molecular weight is 249 g/mol. The summed E-state index contributed by atoms with van der Waals surface area (Å²) >= 11 is 0. The Kier molecular flexibility index (Phi) is 4.25. The van der Waals surface area contributed by atoms with E-state index in [0.717, 1.165) is 30.8 Å². The van der Waals surface area contributed by atoms with Crippen molar-refractivity contribution >= 4 is 0 Å². The predicted molar refractivity (Wildman–Crippen MR) is 73.0 cm³/mol. The van der Waals surface area contributed by atoms with Crippen LogP contribution in [0.2, 0.25) is 0 Å². The zero-order valence-corrected chi connectivity index (χ0v) is 11.5. The first-order chi connectivity index (χ1) is 8.65. The summed E-state index contributed by atoms with van der Waals surface area (Å²) in [6.45, 7) is 4.99. The Morgan fingerprint density at radius 1 is 1.33 bits per heavy atom. The summed E-state index contributed by atoms with van der Waals surface area (Å²) in [5.41, 5.74) is 9.82. The van der Waals surface area contributed by atoms with Crippen molar-refractivity contribution < 1.29 is 9.47 Å². The summed E-state index contributed by atoms with van der Waals surface area (Å²) in [5, 5.41) is 0. The zero-order chi connectivity index (χ0) is 13.1. The lowest BCUT2D eigenvalue weighted by atomic mass is 9.93. The Morgan fingerprint density at radius 3 is 2.72 bits per heavy atom. The van der Waals surface area contributed by atoms with Crippen LogP contribution in [0.1, 0.15) is 42.0 Å². The van der Waals surface area contributed by atoms with Gasteiger partial charge in [0.25, 0.3) is 0 Å². The Balaban J connectivity index is 2.28. The molecule has 0 radical (unpaired) electrons. The van der Waals surface area contributed by atoms with Crippen molar-refractivity contribution in [2.24, 2.45) is 5.73 Å². The van der Waals surface area contributed by atoms with Gasteiger partial charge in [-0.3, -0.25) is 0 Å². The maximum absolute atomic E-state index is 6.36. The third-order valence-corrected chi connectivity index (χ3v) is 3.89. The Labute approximate surface area is 109 Å². The average Bonchev–Trinajstić information content (AvgIpc) is 2.42. The molecule has 0 saturated carbocycles. The number of methoxy groups -OCH3 is 1. The van der Waals surface area contributed by atoms with Crippen LogP contribution in [0.25, 0.3) is 0 Å². The minimum Gasteiger partial charge on any atom is -0.496 e. The maximum atomic E-state index is 6.36. The van der Waals surface area contributed by atoms with Gasteiger partial charge in [-0.2, -0.15) is 0 Å². The van der Waals surface area contributed by atoms with Crippen molar-refractivity contribution in [3.05, 3.63) is 28.8 Å².